The van der Waals surface area contributed by atoms with E-state index in [1.807, 2.05) is 0 Å². The number of nitrogens with zero attached hydrogens (tertiary/aromatic N) is 2. The van der Waals surface area contributed by atoms with Crippen LogP contribution in [0.2, 0.25) is 0 Å². The van der Waals surface area contributed by atoms with E-state index in [4.69, 9.17) is 0 Å². The number of rotatable bonds is 4. The van der Waals surface area contributed by atoms with E-state index in [2.05, 4.69) is 20.0 Å². The standard InChI is InChI=1S/C11H16F3N3O/c12-11(13,14)8-3-1-2-4-9(8)15-6-5-10-16-7-18-17-10/h7-9,15H,1-6H2. The lowest BCUT2D eigenvalue weighted by molar-refractivity contribution is -0.188. The van der Waals surface area contributed by atoms with Crippen molar-refractivity contribution in [3.8, 4) is 0 Å². The highest BCUT2D eigenvalue weighted by Gasteiger charge is 2.45. The van der Waals surface area contributed by atoms with Crippen LogP contribution >= 0.6 is 0 Å². The minimum atomic E-state index is -4.11. The third-order valence-corrected chi connectivity index (χ3v) is 3.35. The van der Waals surface area contributed by atoms with Gasteiger partial charge in [-0.2, -0.15) is 18.2 Å². The van der Waals surface area contributed by atoms with Gasteiger partial charge in [0.1, 0.15) is 0 Å². The molecule has 18 heavy (non-hydrogen) atoms. The molecule has 0 radical (unpaired) electrons. The molecule has 1 heterocycles. The molecule has 1 fully saturated rings. The van der Waals surface area contributed by atoms with Crippen molar-refractivity contribution in [1.82, 2.24) is 15.5 Å². The van der Waals surface area contributed by atoms with Crippen LogP contribution in [-0.2, 0) is 6.42 Å². The first-order valence-corrected chi connectivity index (χ1v) is 6.12. The molecule has 1 aromatic heterocycles. The lowest BCUT2D eigenvalue weighted by Crippen LogP contribution is -2.46. The van der Waals surface area contributed by atoms with Gasteiger partial charge in [-0.1, -0.05) is 18.0 Å². The quantitative estimate of drug-likeness (QED) is 0.905. The van der Waals surface area contributed by atoms with Crippen LogP contribution in [0.1, 0.15) is 31.5 Å². The van der Waals surface area contributed by atoms with Crippen LogP contribution in [-0.4, -0.2) is 28.9 Å². The molecule has 0 saturated heterocycles. The van der Waals surface area contributed by atoms with E-state index in [-0.39, 0.29) is 6.42 Å². The molecule has 0 amide bonds. The van der Waals surface area contributed by atoms with Crippen molar-refractivity contribution in [2.24, 2.45) is 5.92 Å². The average Bonchev–Trinajstić information content (AvgIpc) is 2.81. The van der Waals surface area contributed by atoms with Crippen molar-refractivity contribution in [2.75, 3.05) is 6.54 Å². The van der Waals surface area contributed by atoms with Gasteiger partial charge in [0.25, 0.3) is 0 Å². The SMILES string of the molecule is FC(F)(F)C1CCCCC1NCCc1ncon1. The smallest absolute Gasteiger partial charge is 0.343 e. The molecule has 1 aromatic rings. The monoisotopic (exact) mass is 263 g/mol. The second-order valence-electron chi connectivity index (χ2n) is 4.59. The molecular formula is C11H16F3N3O. The van der Waals surface area contributed by atoms with E-state index in [9.17, 15) is 13.2 Å². The van der Waals surface area contributed by atoms with Crippen molar-refractivity contribution in [3.05, 3.63) is 12.2 Å². The zero-order chi connectivity index (χ0) is 13.0. The topological polar surface area (TPSA) is 51.0 Å². The molecule has 0 aromatic carbocycles. The van der Waals surface area contributed by atoms with Crippen molar-refractivity contribution < 1.29 is 17.7 Å². The van der Waals surface area contributed by atoms with Gasteiger partial charge in [0.05, 0.1) is 5.92 Å². The molecule has 1 N–H and O–H groups in total. The van der Waals surface area contributed by atoms with Crippen molar-refractivity contribution in [3.63, 3.8) is 0 Å². The molecule has 102 valence electrons. The Kier molecular flexibility index (Phi) is 4.21. The highest BCUT2D eigenvalue weighted by molar-refractivity contribution is 4.87. The molecule has 1 aliphatic carbocycles. The predicted molar refractivity (Wildman–Crippen MR) is 57.8 cm³/mol. The van der Waals surface area contributed by atoms with Crippen LogP contribution in [0.4, 0.5) is 13.2 Å². The first-order valence-electron chi connectivity index (χ1n) is 6.12. The summed E-state index contributed by atoms with van der Waals surface area (Å²) in [5, 5.41) is 6.59. The molecule has 2 unspecified atom stereocenters. The Morgan fingerprint density at radius 3 is 2.78 bits per heavy atom. The summed E-state index contributed by atoms with van der Waals surface area (Å²) in [6.45, 7) is 0.441. The molecule has 0 bridgehead atoms. The van der Waals surface area contributed by atoms with E-state index in [0.717, 1.165) is 6.42 Å². The van der Waals surface area contributed by atoms with Crippen LogP contribution in [0, 0.1) is 5.92 Å². The van der Waals surface area contributed by atoms with Crippen LogP contribution < -0.4 is 5.32 Å². The van der Waals surface area contributed by atoms with E-state index in [1.165, 1.54) is 6.39 Å². The second kappa shape index (κ2) is 5.69. The van der Waals surface area contributed by atoms with Crippen LogP contribution in [0.3, 0.4) is 0 Å². The fourth-order valence-corrected chi connectivity index (χ4v) is 2.44. The van der Waals surface area contributed by atoms with E-state index in [0.29, 0.717) is 31.6 Å². The summed E-state index contributed by atoms with van der Waals surface area (Å²) in [6, 6.07) is -0.481. The van der Waals surface area contributed by atoms with E-state index >= 15 is 0 Å². The number of nitrogens with one attached hydrogen (secondary N) is 1. The number of hydrogen-bond acceptors (Lipinski definition) is 4. The third kappa shape index (κ3) is 3.44. The summed E-state index contributed by atoms with van der Waals surface area (Å²) >= 11 is 0. The highest BCUT2D eigenvalue weighted by atomic mass is 19.4. The Bertz CT molecular complexity index is 353. The normalized spacial score (nSPS) is 25.3. The van der Waals surface area contributed by atoms with E-state index < -0.39 is 18.1 Å². The summed E-state index contributed by atoms with van der Waals surface area (Å²) in [5.74, 6) is -0.710. The summed E-state index contributed by atoms with van der Waals surface area (Å²) in [6.07, 6.45) is -0.0876. The van der Waals surface area contributed by atoms with Crippen molar-refractivity contribution in [1.29, 1.82) is 0 Å². The fourth-order valence-electron chi connectivity index (χ4n) is 2.44. The zero-order valence-corrected chi connectivity index (χ0v) is 9.91. The first kappa shape index (κ1) is 13.3. The molecule has 2 rings (SSSR count). The Balaban J connectivity index is 1.82. The molecule has 2 atom stereocenters. The van der Waals surface area contributed by atoms with Crippen LogP contribution in [0.5, 0.6) is 0 Å². The van der Waals surface area contributed by atoms with Gasteiger partial charge >= 0.3 is 6.18 Å². The van der Waals surface area contributed by atoms with Gasteiger partial charge in [-0.15, -0.1) is 0 Å². The maximum Gasteiger partial charge on any atom is 0.393 e. The van der Waals surface area contributed by atoms with Gasteiger partial charge in [-0.25, -0.2) is 0 Å². The largest absolute Gasteiger partial charge is 0.393 e. The number of halogens is 3. The first-order chi connectivity index (χ1) is 8.57. The Hall–Kier alpha value is -1.11. The van der Waals surface area contributed by atoms with Gasteiger partial charge < -0.3 is 9.84 Å². The molecule has 7 heteroatoms. The number of aromatic nitrogens is 2. The second-order valence-corrected chi connectivity index (χ2v) is 4.59. The molecular weight excluding hydrogens is 247 g/mol. The molecule has 4 nitrogen and oxygen atoms in total. The molecule has 1 aliphatic rings. The molecule has 0 spiro atoms. The van der Waals surface area contributed by atoms with Gasteiger partial charge in [0.15, 0.2) is 5.82 Å². The minimum Gasteiger partial charge on any atom is -0.343 e. The Morgan fingerprint density at radius 1 is 1.33 bits per heavy atom. The van der Waals surface area contributed by atoms with Gasteiger partial charge in [0, 0.05) is 19.0 Å². The lowest BCUT2D eigenvalue weighted by atomic mass is 9.84. The summed E-state index contributed by atoms with van der Waals surface area (Å²) < 4.78 is 43.0. The van der Waals surface area contributed by atoms with Crippen molar-refractivity contribution in [2.45, 2.75) is 44.3 Å². The summed E-state index contributed by atoms with van der Waals surface area (Å²) in [4.78, 5) is 3.83. The minimum absolute atomic E-state index is 0.226. The lowest BCUT2D eigenvalue weighted by Gasteiger charge is -2.33. The van der Waals surface area contributed by atoms with Gasteiger partial charge in [0.2, 0.25) is 6.39 Å². The highest BCUT2D eigenvalue weighted by Crippen LogP contribution is 2.37. The Labute approximate surface area is 103 Å². The maximum atomic E-state index is 12.8. The predicted octanol–water partition coefficient (Wildman–Crippen LogP) is 2.32. The third-order valence-electron chi connectivity index (χ3n) is 3.35. The maximum absolute atomic E-state index is 12.8. The van der Waals surface area contributed by atoms with Gasteiger partial charge in [-0.3, -0.25) is 0 Å². The van der Waals surface area contributed by atoms with Gasteiger partial charge in [-0.05, 0) is 12.8 Å². The zero-order valence-electron chi connectivity index (χ0n) is 9.91. The molecule has 0 aliphatic heterocycles. The number of alkyl halides is 3. The van der Waals surface area contributed by atoms with Crippen LogP contribution in [0.15, 0.2) is 10.9 Å². The summed E-state index contributed by atoms with van der Waals surface area (Å²) in [7, 11) is 0. The Morgan fingerprint density at radius 2 is 2.11 bits per heavy atom. The van der Waals surface area contributed by atoms with Crippen LogP contribution in [0.25, 0.3) is 0 Å². The number of hydrogen-bond donors (Lipinski definition) is 1. The molecule has 1 saturated carbocycles. The average molecular weight is 263 g/mol. The summed E-state index contributed by atoms with van der Waals surface area (Å²) in [5.41, 5.74) is 0. The van der Waals surface area contributed by atoms with Crippen molar-refractivity contribution >= 4 is 0 Å². The fraction of sp³-hybridized carbons (Fsp3) is 0.818. The van der Waals surface area contributed by atoms with E-state index in [1.54, 1.807) is 0 Å².